The van der Waals surface area contributed by atoms with Gasteiger partial charge in [-0.1, -0.05) is 0 Å². The minimum atomic E-state index is -0.252. The predicted molar refractivity (Wildman–Crippen MR) is 19.6 cm³/mol. The molecule has 3 nitrogen and oxygen atoms in total. The van der Waals surface area contributed by atoms with E-state index in [0.29, 0.717) is 0 Å². The van der Waals surface area contributed by atoms with Gasteiger partial charge in [-0.3, -0.25) is 4.52 Å². The lowest BCUT2D eigenvalue weighted by atomic mass is 11.8. The van der Waals surface area contributed by atoms with E-state index in [-0.39, 0.29) is 14.8 Å². The summed E-state index contributed by atoms with van der Waals surface area (Å²) in [4.78, 5) is 0. The zero-order valence-corrected chi connectivity index (χ0v) is 3.87. The monoisotopic (exact) mass is 95.0 g/mol. The van der Waals surface area contributed by atoms with Crippen LogP contribution in [0.4, 0.5) is 0 Å². The minimum absolute atomic E-state index is 0. The molecule has 0 aromatic rings. The van der Waals surface area contributed by atoms with Crippen molar-refractivity contribution in [1.82, 2.24) is 6.15 Å². The van der Waals surface area contributed by atoms with Crippen molar-refractivity contribution in [3.05, 3.63) is 0 Å². The Morgan fingerprint density at radius 3 is 2.00 bits per heavy atom. The lowest BCUT2D eigenvalue weighted by Crippen LogP contribution is -1.42. The van der Waals surface area contributed by atoms with E-state index in [1.807, 2.05) is 0 Å². The Hall–Kier alpha value is 0.0200. The van der Waals surface area contributed by atoms with Crippen molar-refractivity contribution < 1.29 is 9.09 Å². The molecule has 3 N–H and O–H groups in total. The molecule has 0 aromatic carbocycles. The molecule has 0 saturated heterocycles. The Morgan fingerprint density at radius 2 is 2.00 bits per heavy atom. The summed E-state index contributed by atoms with van der Waals surface area (Å²) >= 11 is 0. The van der Waals surface area contributed by atoms with Gasteiger partial charge in [-0.15, -0.1) is 0 Å². The molecule has 0 radical (unpaired) electrons. The summed E-state index contributed by atoms with van der Waals surface area (Å²) < 4.78 is 13.0. The fourth-order valence-electron chi connectivity index (χ4n) is 0. The average molecular weight is 95.0 g/mol. The summed E-state index contributed by atoms with van der Waals surface area (Å²) in [5.74, 6) is 0. The van der Waals surface area contributed by atoms with E-state index in [0.717, 1.165) is 0 Å². The van der Waals surface area contributed by atoms with E-state index in [2.05, 4.69) is 4.52 Å². The van der Waals surface area contributed by atoms with Crippen LogP contribution in [0.15, 0.2) is 0 Å². The first kappa shape index (κ1) is 8.89. The number of rotatable bonds is 1. The highest BCUT2D eigenvalue weighted by Gasteiger charge is 1.51. The molecule has 0 aromatic heterocycles. The fraction of sp³-hybridized carbons (Fsp3) is 1.00. The van der Waals surface area contributed by atoms with Crippen LogP contribution in [0.3, 0.4) is 0 Å². The van der Waals surface area contributed by atoms with E-state index in [9.17, 15) is 0 Å². The van der Waals surface area contributed by atoms with Crippen molar-refractivity contribution in [3.63, 3.8) is 0 Å². The van der Waals surface area contributed by atoms with Gasteiger partial charge in [0.25, 0.3) is 0 Å². The lowest BCUT2D eigenvalue weighted by Gasteiger charge is -1.57. The second-order valence-electron chi connectivity index (χ2n) is 0.257. The van der Waals surface area contributed by atoms with Gasteiger partial charge in [0.05, 0.1) is 0 Å². The molecule has 0 aliphatic carbocycles. The van der Waals surface area contributed by atoms with Crippen LogP contribution in [0.2, 0.25) is 0 Å². The second-order valence-corrected chi connectivity index (χ2v) is 0.771. The molecule has 0 heterocycles. The van der Waals surface area contributed by atoms with Gasteiger partial charge in [0.1, 0.15) is 0 Å². The second kappa shape index (κ2) is 8.99. The molecular weight excluding hydrogens is 89.0 g/mol. The van der Waals surface area contributed by atoms with E-state index in [1.165, 1.54) is 7.11 Å². The van der Waals surface area contributed by atoms with Crippen LogP contribution in [-0.2, 0) is 9.09 Å². The Morgan fingerprint density at radius 1 is 1.80 bits per heavy atom. The first-order valence-corrected chi connectivity index (χ1v) is 1.50. The third-order valence-electron chi connectivity index (χ3n) is 0.0745. The van der Waals surface area contributed by atoms with Gasteiger partial charge >= 0.3 is 8.69 Å². The first-order chi connectivity index (χ1) is 1.91. The Balaban J connectivity index is 0. The molecule has 0 aliphatic heterocycles. The molecule has 0 bridgehead atoms. The summed E-state index contributed by atoms with van der Waals surface area (Å²) in [6.45, 7) is 0. The van der Waals surface area contributed by atoms with Gasteiger partial charge in [-0.25, -0.2) is 4.57 Å². The highest BCUT2D eigenvalue weighted by Crippen LogP contribution is 1.83. The molecule has 0 rings (SSSR count). The Bertz CT molecular complexity index is 23.6. The predicted octanol–water partition coefficient (Wildman–Crippen LogP) is 1.00. The van der Waals surface area contributed by atoms with Crippen molar-refractivity contribution >= 4 is 8.69 Å². The van der Waals surface area contributed by atoms with E-state index >= 15 is 0 Å². The summed E-state index contributed by atoms with van der Waals surface area (Å²) in [6, 6.07) is 0. The molecule has 5 heavy (non-hydrogen) atoms. The standard InChI is InChI=1S/CH3O2P.H3N/c1-3-4-2;/h1H3;1H3. The summed E-state index contributed by atoms with van der Waals surface area (Å²) in [6.07, 6.45) is 0. The normalized spacial score (nSPS) is 6.60. The number of hydrogen-bond acceptors (Lipinski definition) is 3. The van der Waals surface area contributed by atoms with Crippen LogP contribution in [0.5, 0.6) is 0 Å². The molecule has 32 valence electrons. The van der Waals surface area contributed by atoms with Gasteiger partial charge in [0.2, 0.25) is 0 Å². The zero-order chi connectivity index (χ0) is 3.41. The Kier molecular flexibility index (Phi) is 16.0. The summed E-state index contributed by atoms with van der Waals surface area (Å²) in [5.41, 5.74) is 0. The summed E-state index contributed by atoms with van der Waals surface area (Å²) in [7, 11) is 1.10. The van der Waals surface area contributed by atoms with Crippen LogP contribution in [0.1, 0.15) is 0 Å². The van der Waals surface area contributed by atoms with Crippen molar-refractivity contribution in [3.8, 4) is 0 Å². The average Bonchev–Trinajstić information content (AvgIpc) is 1.37. The topological polar surface area (TPSA) is 61.3 Å². The van der Waals surface area contributed by atoms with Crippen LogP contribution >= 0.6 is 8.69 Å². The molecule has 0 spiro atoms. The molecule has 0 amide bonds. The third-order valence-corrected chi connectivity index (χ3v) is 0.224. The maximum absolute atomic E-state index is 9.05. The molecule has 0 unspecified atom stereocenters. The van der Waals surface area contributed by atoms with Crippen LogP contribution in [0.25, 0.3) is 0 Å². The maximum atomic E-state index is 9.05. The first-order valence-electron chi connectivity index (χ1n) is 0.773. The molecule has 0 saturated carbocycles. The van der Waals surface area contributed by atoms with Crippen LogP contribution in [0, 0.1) is 0 Å². The molecule has 0 fully saturated rings. The van der Waals surface area contributed by atoms with Crippen LogP contribution in [-0.4, -0.2) is 7.11 Å². The summed E-state index contributed by atoms with van der Waals surface area (Å²) in [5, 5.41) is 0. The van der Waals surface area contributed by atoms with E-state index in [1.54, 1.807) is 0 Å². The van der Waals surface area contributed by atoms with E-state index in [4.69, 9.17) is 4.57 Å². The molecular formula is CH6NO2P. The van der Waals surface area contributed by atoms with Crippen molar-refractivity contribution in [2.24, 2.45) is 0 Å². The molecule has 0 atom stereocenters. The van der Waals surface area contributed by atoms with Crippen molar-refractivity contribution in [2.75, 3.05) is 7.11 Å². The SMILES string of the molecule is COP=O.N. The molecule has 0 aliphatic rings. The fourth-order valence-corrected chi connectivity index (χ4v) is 0. The maximum Gasteiger partial charge on any atom is 0.327 e. The third kappa shape index (κ3) is 15.8. The highest BCUT2D eigenvalue weighted by atomic mass is 31.1. The van der Waals surface area contributed by atoms with Gasteiger partial charge in [-0.2, -0.15) is 0 Å². The Labute approximate surface area is 32.2 Å². The zero-order valence-electron chi connectivity index (χ0n) is 2.97. The molecule has 4 heteroatoms. The van der Waals surface area contributed by atoms with Crippen molar-refractivity contribution in [2.45, 2.75) is 0 Å². The van der Waals surface area contributed by atoms with Gasteiger partial charge < -0.3 is 6.15 Å². The van der Waals surface area contributed by atoms with E-state index < -0.39 is 0 Å². The van der Waals surface area contributed by atoms with Crippen LogP contribution < -0.4 is 6.15 Å². The van der Waals surface area contributed by atoms with Crippen molar-refractivity contribution in [1.29, 1.82) is 0 Å². The number of hydrogen-bond donors (Lipinski definition) is 1. The quantitative estimate of drug-likeness (QED) is 0.494. The largest absolute Gasteiger partial charge is 0.344 e. The lowest BCUT2D eigenvalue weighted by molar-refractivity contribution is 0.433. The smallest absolute Gasteiger partial charge is 0.327 e. The highest BCUT2D eigenvalue weighted by molar-refractivity contribution is 7.17. The van der Waals surface area contributed by atoms with Gasteiger partial charge in [0.15, 0.2) is 0 Å². The van der Waals surface area contributed by atoms with Gasteiger partial charge in [-0.05, 0) is 0 Å². The van der Waals surface area contributed by atoms with Gasteiger partial charge in [0, 0.05) is 7.11 Å². The minimum Gasteiger partial charge on any atom is -0.344 e.